The maximum atomic E-state index is 12.9. The third-order valence-corrected chi connectivity index (χ3v) is 7.06. The third-order valence-electron chi connectivity index (χ3n) is 5.16. The van der Waals surface area contributed by atoms with Crippen LogP contribution in [0, 0.1) is 17.0 Å². The number of benzene rings is 2. The topological polar surface area (TPSA) is 105 Å². The summed E-state index contributed by atoms with van der Waals surface area (Å²) in [5.74, 6) is 0.782. The minimum Gasteiger partial charge on any atom is -0.494 e. The molecule has 1 aliphatic rings. The molecule has 1 fully saturated rings. The Hall–Kier alpha value is -2.69. The van der Waals surface area contributed by atoms with Gasteiger partial charge >= 0.3 is 0 Å². The predicted octanol–water partition coefficient (Wildman–Crippen LogP) is 2.72. The van der Waals surface area contributed by atoms with Crippen molar-refractivity contribution in [2.24, 2.45) is 0 Å². The van der Waals surface area contributed by atoms with Gasteiger partial charge in [0.1, 0.15) is 11.4 Å². The summed E-state index contributed by atoms with van der Waals surface area (Å²) in [4.78, 5) is 13.0. The average molecular weight is 449 g/mol. The first-order valence-electron chi connectivity index (χ1n) is 10.2. The first-order valence-corrected chi connectivity index (χ1v) is 11.6. The zero-order chi connectivity index (χ0) is 22.4. The lowest BCUT2D eigenvalue weighted by atomic mass is 10.2. The van der Waals surface area contributed by atoms with Crippen LogP contribution in [0.4, 0.5) is 11.4 Å². The molecule has 2 aromatic carbocycles. The van der Waals surface area contributed by atoms with Gasteiger partial charge in [0.15, 0.2) is 0 Å². The molecular formula is C21H28N4O5S. The maximum absolute atomic E-state index is 12.9. The summed E-state index contributed by atoms with van der Waals surface area (Å²) in [6, 6.07) is 11.8. The standard InChI is InChI=1S/C21H28N4O5S/c1-17-5-3-6-18(15-17)30-14-4-9-22-20-8-7-19(16-21(20)25(26)27)31(28,29)24-12-10-23(2)11-13-24/h3,5-8,15-16,22H,4,9-14H2,1-2H3. The number of nitrogens with zero attached hydrogens (tertiary/aromatic N) is 3. The smallest absolute Gasteiger partial charge is 0.293 e. The van der Waals surface area contributed by atoms with E-state index in [-0.39, 0.29) is 16.3 Å². The van der Waals surface area contributed by atoms with Gasteiger partial charge in [-0.1, -0.05) is 12.1 Å². The number of sulfonamides is 1. The van der Waals surface area contributed by atoms with Crippen molar-refractivity contribution in [1.29, 1.82) is 0 Å². The fourth-order valence-electron chi connectivity index (χ4n) is 3.34. The molecule has 1 aliphatic heterocycles. The molecule has 0 spiro atoms. The van der Waals surface area contributed by atoms with Gasteiger partial charge in [-0.25, -0.2) is 8.42 Å². The first-order chi connectivity index (χ1) is 14.8. The van der Waals surface area contributed by atoms with E-state index in [9.17, 15) is 18.5 Å². The van der Waals surface area contributed by atoms with Crippen LogP contribution in [0.5, 0.6) is 5.75 Å². The van der Waals surface area contributed by atoms with E-state index < -0.39 is 14.9 Å². The van der Waals surface area contributed by atoms with Crippen molar-refractivity contribution in [3.63, 3.8) is 0 Å². The highest BCUT2D eigenvalue weighted by molar-refractivity contribution is 7.89. The Morgan fingerprint density at radius 3 is 2.55 bits per heavy atom. The molecule has 1 saturated heterocycles. The van der Waals surface area contributed by atoms with Crippen molar-refractivity contribution in [1.82, 2.24) is 9.21 Å². The van der Waals surface area contributed by atoms with Gasteiger partial charge in [-0.2, -0.15) is 4.31 Å². The molecular weight excluding hydrogens is 420 g/mol. The zero-order valence-electron chi connectivity index (χ0n) is 17.8. The van der Waals surface area contributed by atoms with Gasteiger partial charge in [0, 0.05) is 38.8 Å². The molecule has 0 saturated carbocycles. The Morgan fingerprint density at radius 2 is 1.87 bits per heavy atom. The molecule has 1 N–H and O–H groups in total. The molecule has 2 aromatic rings. The largest absolute Gasteiger partial charge is 0.494 e. The molecule has 0 atom stereocenters. The van der Waals surface area contributed by atoms with Crippen LogP contribution >= 0.6 is 0 Å². The number of aryl methyl sites for hydroxylation is 1. The maximum Gasteiger partial charge on any atom is 0.293 e. The number of ether oxygens (including phenoxy) is 1. The molecule has 0 unspecified atom stereocenters. The molecule has 10 heteroatoms. The van der Waals surface area contributed by atoms with Crippen molar-refractivity contribution < 1.29 is 18.1 Å². The molecule has 31 heavy (non-hydrogen) atoms. The second-order valence-corrected chi connectivity index (χ2v) is 9.53. The van der Waals surface area contributed by atoms with Crippen LogP contribution in [-0.2, 0) is 10.0 Å². The summed E-state index contributed by atoms with van der Waals surface area (Å²) < 4.78 is 32.8. The molecule has 9 nitrogen and oxygen atoms in total. The average Bonchev–Trinajstić information content (AvgIpc) is 2.74. The van der Waals surface area contributed by atoms with Crippen LogP contribution < -0.4 is 10.1 Å². The number of hydrogen-bond acceptors (Lipinski definition) is 7. The van der Waals surface area contributed by atoms with Crippen molar-refractivity contribution in [2.45, 2.75) is 18.2 Å². The van der Waals surface area contributed by atoms with Crippen LogP contribution in [0.3, 0.4) is 0 Å². The number of hydrogen-bond donors (Lipinski definition) is 1. The third kappa shape index (κ3) is 5.93. The van der Waals surface area contributed by atoms with Crippen LogP contribution in [0.15, 0.2) is 47.4 Å². The second-order valence-electron chi connectivity index (χ2n) is 7.59. The monoisotopic (exact) mass is 448 g/mol. The fourth-order valence-corrected chi connectivity index (χ4v) is 4.78. The zero-order valence-corrected chi connectivity index (χ0v) is 18.6. The summed E-state index contributed by atoms with van der Waals surface area (Å²) in [6.45, 7) is 4.90. The number of piperazine rings is 1. The fraction of sp³-hybridized carbons (Fsp3) is 0.429. The number of nitro benzene ring substituents is 1. The quantitative estimate of drug-likeness (QED) is 0.357. The van der Waals surface area contributed by atoms with Crippen LogP contribution in [0.1, 0.15) is 12.0 Å². The van der Waals surface area contributed by atoms with Gasteiger partial charge in [0.25, 0.3) is 5.69 Å². The summed E-state index contributed by atoms with van der Waals surface area (Å²) in [5.41, 5.74) is 1.14. The Labute approximate surface area is 182 Å². The van der Waals surface area contributed by atoms with Crippen LogP contribution in [-0.4, -0.2) is 68.9 Å². The van der Waals surface area contributed by atoms with Gasteiger partial charge < -0.3 is 15.0 Å². The molecule has 1 heterocycles. The number of likely N-dealkylation sites (N-methyl/N-ethyl adjacent to an activating group) is 1. The Bertz CT molecular complexity index is 1020. The van der Waals surface area contributed by atoms with Crippen molar-refractivity contribution in [3.05, 3.63) is 58.1 Å². The molecule has 0 radical (unpaired) electrons. The minimum atomic E-state index is -3.77. The highest BCUT2D eigenvalue weighted by atomic mass is 32.2. The Morgan fingerprint density at radius 1 is 1.13 bits per heavy atom. The molecule has 3 rings (SSSR count). The van der Waals surface area contributed by atoms with E-state index in [1.807, 2.05) is 43.1 Å². The summed E-state index contributed by atoms with van der Waals surface area (Å²) in [5, 5.41) is 14.6. The van der Waals surface area contributed by atoms with E-state index in [2.05, 4.69) is 5.32 Å². The molecule has 0 aliphatic carbocycles. The normalized spacial score (nSPS) is 15.5. The van der Waals surface area contributed by atoms with E-state index in [1.54, 1.807) is 0 Å². The van der Waals surface area contributed by atoms with Crippen LogP contribution in [0.25, 0.3) is 0 Å². The van der Waals surface area contributed by atoms with Gasteiger partial charge in [-0.05, 0) is 50.2 Å². The SMILES string of the molecule is Cc1cccc(OCCCNc2ccc(S(=O)(=O)N3CCN(C)CC3)cc2[N+](=O)[O-])c1. The van der Waals surface area contributed by atoms with Crippen LogP contribution in [0.2, 0.25) is 0 Å². The van der Waals surface area contributed by atoms with E-state index in [0.29, 0.717) is 45.8 Å². The van der Waals surface area contributed by atoms with Gasteiger partial charge in [0.05, 0.1) is 16.4 Å². The van der Waals surface area contributed by atoms with E-state index in [4.69, 9.17) is 4.74 Å². The molecule has 0 amide bonds. The lowest BCUT2D eigenvalue weighted by Crippen LogP contribution is -2.47. The van der Waals surface area contributed by atoms with Gasteiger partial charge in [-0.3, -0.25) is 10.1 Å². The molecule has 168 valence electrons. The van der Waals surface area contributed by atoms with E-state index >= 15 is 0 Å². The van der Waals surface area contributed by atoms with Crippen molar-refractivity contribution in [2.75, 3.05) is 51.7 Å². The first kappa shape index (κ1) is 23.0. The Kier molecular flexibility index (Phi) is 7.47. The number of nitro groups is 1. The highest BCUT2D eigenvalue weighted by Crippen LogP contribution is 2.29. The Balaban J connectivity index is 1.61. The minimum absolute atomic E-state index is 0.0583. The van der Waals surface area contributed by atoms with Gasteiger partial charge in [-0.15, -0.1) is 0 Å². The van der Waals surface area contributed by atoms with Gasteiger partial charge in [0.2, 0.25) is 10.0 Å². The highest BCUT2D eigenvalue weighted by Gasteiger charge is 2.29. The predicted molar refractivity (Wildman–Crippen MR) is 119 cm³/mol. The lowest BCUT2D eigenvalue weighted by molar-refractivity contribution is -0.384. The van der Waals surface area contributed by atoms with E-state index in [0.717, 1.165) is 17.4 Å². The number of rotatable bonds is 9. The van der Waals surface area contributed by atoms with Crippen molar-refractivity contribution >= 4 is 21.4 Å². The van der Waals surface area contributed by atoms with Crippen molar-refractivity contribution in [3.8, 4) is 5.75 Å². The summed E-state index contributed by atoms with van der Waals surface area (Å²) >= 11 is 0. The summed E-state index contributed by atoms with van der Waals surface area (Å²) in [6.07, 6.45) is 0.631. The van der Waals surface area contributed by atoms with E-state index in [1.165, 1.54) is 16.4 Å². The number of nitrogens with one attached hydrogen (secondary N) is 1. The molecule has 0 bridgehead atoms. The second kappa shape index (κ2) is 10.1. The number of anilines is 1. The molecule has 0 aromatic heterocycles. The summed E-state index contributed by atoms with van der Waals surface area (Å²) in [7, 11) is -1.84. The lowest BCUT2D eigenvalue weighted by Gasteiger charge is -2.31.